The Morgan fingerprint density at radius 1 is 1.31 bits per heavy atom. The van der Waals surface area contributed by atoms with E-state index in [-0.39, 0.29) is 0 Å². The van der Waals surface area contributed by atoms with Crippen molar-refractivity contribution in [2.45, 2.75) is 13.8 Å². The Kier molecular flexibility index (Phi) is 2.83. The van der Waals surface area contributed by atoms with Gasteiger partial charge >= 0.3 is 0 Å². The Bertz CT molecular complexity index is 500. The standard InChI is InChI=1S/C12H14N2OS/c1-7-8(2)16-12(14-7)10-5-4-9(15-3)6-11(10)13/h4-6H,13H2,1-3H3. The zero-order valence-corrected chi connectivity index (χ0v) is 10.4. The number of nitrogen functional groups attached to an aromatic ring is 1. The van der Waals surface area contributed by atoms with Gasteiger partial charge in [-0.2, -0.15) is 0 Å². The number of benzene rings is 1. The van der Waals surface area contributed by atoms with Crippen molar-refractivity contribution < 1.29 is 4.74 Å². The molecule has 2 N–H and O–H groups in total. The van der Waals surface area contributed by atoms with E-state index in [0.717, 1.165) is 22.0 Å². The van der Waals surface area contributed by atoms with Crippen molar-refractivity contribution in [3.63, 3.8) is 0 Å². The lowest BCUT2D eigenvalue weighted by Gasteiger charge is -2.04. The van der Waals surface area contributed by atoms with Crippen LogP contribution < -0.4 is 10.5 Å². The number of hydrogen-bond acceptors (Lipinski definition) is 4. The van der Waals surface area contributed by atoms with Crippen molar-refractivity contribution in [3.8, 4) is 16.3 Å². The number of methoxy groups -OCH3 is 1. The summed E-state index contributed by atoms with van der Waals surface area (Å²) in [5, 5.41) is 0.968. The third-order valence-electron chi connectivity index (χ3n) is 2.52. The second kappa shape index (κ2) is 4.14. The van der Waals surface area contributed by atoms with Gasteiger partial charge in [0, 0.05) is 22.2 Å². The van der Waals surface area contributed by atoms with Crippen LogP contribution in [0.3, 0.4) is 0 Å². The largest absolute Gasteiger partial charge is 0.497 e. The first kappa shape index (κ1) is 11.0. The fourth-order valence-electron chi connectivity index (χ4n) is 1.45. The minimum atomic E-state index is 0.702. The molecule has 4 heteroatoms. The smallest absolute Gasteiger partial charge is 0.125 e. The number of thiazole rings is 1. The topological polar surface area (TPSA) is 48.1 Å². The average molecular weight is 234 g/mol. The second-order valence-corrected chi connectivity index (χ2v) is 4.82. The quantitative estimate of drug-likeness (QED) is 0.812. The number of anilines is 1. The lowest BCUT2D eigenvalue weighted by atomic mass is 10.2. The van der Waals surface area contributed by atoms with E-state index in [4.69, 9.17) is 10.5 Å². The number of aryl methyl sites for hydroxylation is 2. The van der Waals surface area contributed by atoms with Crippen molar-refractivity contribution in [1.29, 1.82) is 0 Å². The molecule has 16 heavy (non-hydrogen) atoms. The van der Waals surface area contributed by atoms with Crippen LogP contribution in [-0.2, 0) is 0 Å². The van der Waals surface area contributed by atoms with Crippen LogP contribution in [0.2, 0.25) is 0 Å². The van der Waals surface area contributed by atoms with E-state index in [1.807, 2.05) is 25.1 Å². The van der Waals surface area contributed by atoms with E-state index in [1.165, 1.54) is 4.88 Å². The van der Waals surface area contributed by atoms with Crippen LogP contribution in [0.5, 0.6) is 5.75 Å². The molecule has 0 aliphatic carbocycles. The lowest BCUT2D eigenvalue weighted by Crippen LogP contribution is -1.91. The lowest BCUT2D eigenvalue weighted by molar-refractivity contribution is 0.415. The van der Waals surface area contributed by atoms with E-state index in [0.29, 0.717) is 5.69 Å². The van der Waals surface area contributed by atoms with Crippen molar-refractivity contribution in [2.75, 3.05) is 12.8 Å². The number of aromatic nitrogens is 1. The molecule has 0 saturated heterocycles. The molecular formula is C12H14N2OS. The average Bonchev–Trinajstić information content (AvgIpc) is 2.58. The molecule has 0 saturated carbocycles. The summed E-state index contributed by atoms with van der Waals surface area (Å²) in [5.74, 6) is 0.770. The molecule has 0 bridgehead atoms. The molecule has 3 nitrogen and oxygen atoms in total. The zero-order valence-electron chi connectivity index (χ0n) is 9.57. The molecule has 84 valence electrons. The molecular weight excluding hydrogens is 220 g/mol. The van der Waals surface area contributed by atoms with Gasteiger partial charge in [0.1, 0.15) is 10.8 Å². The van der Waals surface area contributed by atoms with Crippen LogP contribution >= 0.6 is 11.3 Å². The molecule has 0 fully saturated rings. The Balaban J connectivity index is 2.48. The molecule has 0 aliphatic heterocycles. The minimum absolute atomic E-state index is 0.702. The monoisotopic (exact) mass is 234 g/mol. The van der Waals surface area contributed by atoms with Crippen LogP contribution in [0.4, 0.5) is 5.69 Å². The van der Waals surface area contributed by atoms with Crippen molar-refractivity contribution in [1.82, 2.24) is 4.98 Å². The summed E-state index contributed by atoms with van der Waals surface area (Å²) in [6, 6.07) is 5.67. The first-order valence-electron chi connectivity index (χ1n) is 4.99. The summed E-state index contributed by atoms with van der Waals surface area (Å²) in [5.41, 5.74) is 8.72. The first-order valence-corrected chi connectivity index (χ1v) is 5.81. The first-order chi connectivity index (χ1) is 7.61. The summed E-state index contributed by atoms with van der Waals surface area (Å²) in [7, 11) is 1.63. The molecule has 2 rings (SSSR count). The summed E-state index contributed by atoms with van der Waals surface area (Å²) in [6.07, 6.45) is 0. The van der Waals surface area contributed by atoms with Gasteiger partial charge in [0.2, 0.25) is 0 Å². The van der Waals surface area contributed by atoms with Crippen LogP contribution in [0, 0.1) is 13.8 Å². The molecule has 0 radical (unpaired) electrons. The van der Waals surface area contributed by atoms with Gasteiger partial charge in [0.25, 0.3) is 0 Å². The van der Waals surface area contributed by atoms with Crippen molar-refractivity contribution in [3.05, 3.63) is 28.8 Å². The fourth-order valence-corrected chi connectivity index (χ4v) is 2.41. The molecule has 0 amide bonds. The highest BCUT2D eigenvalue weighted by Crippen LogP contribution is 2.33. The molecule has 1 aromatic carbocycles. The van der Waals surface area contributed by atoms with Gasteiger partial charge in [-0.1, -0.05) is 0 Å². The Morgan fingerprint density at radius 3 is 2.56 bits per heavy atom. The van der Waals surface area contributed by atoms with Gasteiger partial charge in [-0.05, 0) is 26.0 Å². The molecule has 0 aliphatic rings. The van der Waals surface area contributed by atoms with Gasteiger partial charge in [-0.3, -0.25) is 0 Å². The number of hydrogen-bond donors (Lipinski definition) is 1. The SMILES string of the molecule is COc1ccc(-c2nc(C)c(C)s2)c(N)c1. The van der Waals surface area contributed by atoms with Crippen molar-refractivity contribution in [2.24, 2.45) is 0 Å². The highest BCUT2D eigenvalue weighted by Gasteiger charge is 2.09. The van der Waals surface area contributed by atoms with Crippen LogP contribution in [-0.4, -0.2) is 12.1 Å². The predicted octanol–water partition coefficient (Wildman–Crippen LogP) is 3.02. The molecule has 1 aromatic heterocycles. The van der Waals surface area contributed by atoms with Crippen LogP contribution in [0.15, 0.2) is 18.2 Å². The van der Waals surface area contributed by atoms with Crippen LogP contribution in [0.25, 0.3) is 10.6 Å². The highest BCUT2D eigenvalue weighted by molar-refractivity contribution is 7.15. The Labute approximate surface area is 98.9 Å². The zero-order chi connectivity index (χ0) is 11.7. The maximum Gasteiger partial charge on any atom is 0.125 e. The van der Waals surface area contributed by atoms with Crippen LogP contribution in [0.1, 0.15) is 10.6 Å². The molecule has 1 heterocycles. The summed E-state index contributed by atoms with van der Waals surface area (Å²) < 4.78 is 5.12. The summed E-state index contributed by atoms with van der Waals surface area (Å²) in [6.45, 7) is 4.07. The summed E-state index contributed by atoms with van der Waals surface area (Å²) in [4.78, 5) is 5.72. The maximum atomic E-state index is 5.97. The van der Waals surface area contributed by atoms with E-state index < -0.39 is 0 Å². The third kappa shape index (κ3) is 1.88. The number of nitrogens with two attached hydrogens (primary N) is 1. The van der Waals surface area contributed by atoms with E-state index in [1.54, 1.807) is 18.4 Å². The number of nitrogens with zero attached hydrogens (tertiary/aromatic N) is 1. The fraction of sp³-hybridized carbons (Fsp3) is 0.250. The Morgan fingerprint density at radius 2 is 2.06 bits per heavy atom. The molecule has 2 aromatic rings. The van der Waals surface area contributed by atoms with Gasteiger partial charge in [-0.15, -0.1) is 11.3 Å². The molecule has 0 unspecified atom stereocenters. The maximum absolute atomic E-state index is 5.97. The van der Waals surface area contributed by atoms with E-state index >= 15 is 0 Å². The molecule has 0 spiro atoms. The number of rotatable bonds is 2. The Hall–Kier alpha value is -1.55. The van der Waals surface area contributed by atoms with E-state index in [9.17, 15) is 0 Å². The second-order valence-electron chi connectivity index (χ2n) is 3.61. The van der Waals surface area contributed by atoms with E-state index in [2.05, 4.69) is 11.9 Å². The summed E-state index contributed by atoms with van der Waals surface area (Å²) >= 11 is 1.66. The van der Waals surface area contributed by atoms with Gasteiger partial charge in [0.15, 0.2) is 0 Å². The van der Waals surface area contributed by atoms with Gasteiger partial charge in [0.05, 0.1) is 12.8 Å². The predicted molar refractivity (Wildman–Crippen MR) is 68.0 cm³/mol. The number of ether oxygens (including phenoxy) is 1. The third-order valence-corrected chi connectivity index (χ3v) is 3.62. The molecule has 0 atom stereocenters. The minimum Gasteiger partial charge on any atom is -0.497 e. The normalized spacial score (nSPS) is 10.4. The van der Waals surface area contributed by atoms with Crippen molar-refractivity contribution >= 4 is 17.0 Å². The van der Waals surface area contributed by atoms with Gasteiger partial charge in [-0.25, -0.2) is 4.98 Å². The highest BCUT2D eigenvalue weighted by atomic mass is 32.1. The van der Waals surface area contributed by atoms with Gasteiger partial charge < -0.3 is 10.5 Å².